The lowest BCUT2D eigenvalue weighted by Gasteiger charge is -2.20. The molecule has 0 saturated heterocycles. The number of anilines is 1. The van der Waals surface area contributed by atoms with Crippen LogP contribution in [0.5, 0.6) is 0 Å². The molecule has 0 spiro atoms. The molecule has 1 amide bonds. The van der Waals surface area contributed by atoms with Gasteiger partial charge in [-0.1, -0.05) is 30.3 Å². The molecule has 0 aromatic heterocycles. The van der Waals surface area contributed by atoms with E-state index in [0.29, 0.717) is 18.5 Å². The fourth-order valence-corrected chi connectivity index (χ4v) is 2.61. The Morgan fingerprint density at radius 2 is 1.67 bits per heavy atom. The van der Waals surface area contributed by atoms with Crippen molar-refractivity contribution in [3.8, 4) is 0 Å². The topological polar surface area (TPSA) is 78.5 Å². The number of hydrogen-bond donors (Lipinski definition) is 2. The van der Waals surface area contributed by atoms with Crippen LogP contribution < -0.4 is 15.2 Å². The summed E-state index contributed by atoms with van der Waals surface area (Å²) < 4.78 is 24.5. The number of hydrogen-bond acceptors (Lipinski definition) is 4. The summed E-state index contributed by atoms with van der Waals surface area (Å²) in [7, 11) is -1.40. The molecule has 0 aliphatic rings. The van der Waals surface area contributed by atoms with Crippen molar-refractivity contribution >= 4 is 21.6 Å². The Bertz CT molecular complexity index is 774. The van der Waals surface area contributed by atoms with Crippen LogP contribution in [0, 0.1) is 0 Å². The zero-order chi connectivity index (χ0) is 17.6. The first-order valence-corrected chi connectivity index (χ1v) is 9.37. The Morgan fingerprint density at radius 1 is 1.04 bits per heavy atom. The fourth-order valence-electron chi connectivity index (χ4n) is 2.14. The second-order valence-corrected chi connectivity index (χ2v) is 7.28. The van der Waals surface area contributed by atoms with Crippen molar-refractivity contribution in [2.75, 3.05) is 24.9 Å². The van der Waals surface area contributed by atoms with Crippen LogP contribution >= 0.6 is 0 Å². The molecule has 0 aliphatic heterocycles. The second kappa shape index (κ2) is 7.94. The first-order chi connectivity index (χ1) is 11.3. The van der Waals surface area contributed by atoms with E-state index in [-0.39, 0.29) is 5.91 Å². The lowest BCUT2D eigenvalue weighted by atomic mass is 10.1. The second-order valence-electron chi connectivity index (χ2n) is 5.45. The highest BCUT2D eigenvalue weighted by atomic mass is 32.2. The van der Waals surface area contributed by atoms with E-state index in [1.54, 1.807) is 24.2 Å². The van der Waals surface area contributed by atoms with Crippen LogP contribution in [0.1, 0.15) is 15.9 Å². The average Bonchev–Trinajstić information content (AvgIpc) is 2.55. The number of sulfonamides is 1. The highest BCUT2D eigenvalue weighted by Gasteiger charge is 2.09. The summed E-state index contributed by atoms with van der Waals surface area (Å²) in [5, 5.41) is 1.66. The molecule has 6 nitrogen and oxygen atoms in total. The van der Waals surface area contributed by atoms with E-state index in [1.807, 2.05) is 42.5 Å². The number of para-hydroxylation sites is 1. The van der Waals surface area contributed by atoms with Gasteiger partial charge < -0.3 is 0 Å². The molecule has 0 fully saturated rings. The maximum atomic E-state index is 12.2. The Hall–Kier alpha value is -2.38. The molecule has 0 heterocycles. The van der Waals surface area contributed by atoms with Crippen LogP contribution in [0.15, 0.2) is 54.6 Å². The highest BCUT2D eigenvalue weighted by Crippen LogP contribution is 2.10. The number of amides is 1. The molecule has 0 saturated carbocycles. The van der Waals surface area contributed by atoms with E-state index in [2.05, 4.69) is 10.1 Å². The molecular weight excluding hydrogens is 326 g/mol. The summed E-state index contributed by atoms with van der Waals surface area (Å²) in [6.45, 7) is 0.334. The average molecular weight is 347 g/mol. The molecule has 7 heteroatoms. The highest BCUT2D eigenvalue weighted by molar-refractivity contribution is 7.88. The number of carbonyl (C=O) groups excluding carboxylic acids is 1. The van der Waals surface area contributed by atoms with Gasteiger partial charge in [-0.05, 0) is 36.2 Å². The van der Waals surface area contributed by atoms with E-state index < -0.39 is 10.0 Å². The third-order valence-electron chi connectivity index (χ3n) is 3.41. The Morgan fingerprint density at radius 3 is 2.25 bits per heavy atom. The van der Waals surface area contributed by atoms with Crippen molar-refractivity contribution in [1.29, 1.82) is 0 Å². The van der Waals surface area contributed by atoms with Gasteiger partial charge in [0.05, 0.1) is 11.9 Å². The molecule has 2 aromatic rings. The molecular formula is C17H21N3O3S. The minimum atomic E-state index is -3.18. The quantitative estimate of drug-likeness (QED) is 0.745. The number of rotatable bonds is 7. The van der Waals surface area contributed by atoms with Crippen molar-refractivity contribution < 1.29 is 13.2 Å². The molecule has 2 N–H and O–H groups in total. The molecule has 2 aromatic carbocycles. The molecule has 2 rings (SSSR count). The van der Waals surface area contributed by atoms with Crippen LogP contribution in [0.4, 0.5) is 5.69 Å². The SMILES string of the molecule is CN(NC(=O)c1ccc(CCNS(C)(=O)=O)cc1)c1ccccc1. The largest absolute Gasteiger partial charge is 0.288 e. The predicted molar refractivity (Wildman–Crippen MR) is 95.3 cm³/mol. The number of carbonyl (C=O) groups is 1. The summed E-state index contributed by atoms with van der Waals surface area (Å²) >= 11 is 0. The van der Waals surface area contributed by atoms with E-state index >= 15 is 0 Å². The first kappa shape index (κ1) is 18.0. The van der Waals surface area contributed by atoms with Gasteiger partial charge >= 0.3 is 0 Å². The summed E-state index contributed by atoms with van der Waals surface area (Å²) in [6, 6.07) is 16.6. The number of nitrogens with one attached hydrogen (secondary N) is 2. The molecule has 128 valence electrons. The third-order valence-corrected chi connectivity index (χ3v) is 4.14. The lowest BCUT2D eigenvalue weighted by molar-refractivity contribution is 0.0951. The maximum absolute atomic E-state index is 12.2. The van der Waals surface area contributed by atoms with Gasteiger partial charge in [-0.15, -0.1) is 0 Å². The van der Waals surface area contributed by atoms with Crippen LogP contribution in [0.3, 0.4) is 0 Å². The van der Waals surface area contributed by atoms with Gasteiger partial charge in [0, 0.05) is 19.2 Å². The number of nitrogens with zero attached hydrogens (tertiary/aromatic N) is 1. The monoisotopic (exact) mass is 347 g/mol. The van der Waals surface area contributed by atoms with Gasteiger partial charge in [0.25, 0.3) is 5.91 Å². The molecule has 0 atom stereocenters. The molecule has 0 unspecified atom stereocenters. The standard InChI is InChI=1S/C17H21N3O3S/c1-20(16-6-4-3-5-7-16)19-17(21)15-10-8-14(9-11-15)12-13-18-24(2,22)23/h3-11,18H,12-13H2,1-2H3,(H,19,21). The predicted octanol–water partition coefficient (Wildman–Crippen LogP) is 1.56. The smallest absolute Gasteiger partial charge is 0.269 e. The van der Waals surface area contributed by atoms with Gasteiger partial charge in [-0.3, -0.25) is 15.2 Å². The van der Waals surface area contributed by atoms with Crippen molar-refractivity contribution in [3.05, 3.63) is 65.7 Å². The van der Waals surface area contributed by atoms with E-state index in [0.717, 1.165) is 17.5 Å². The van der Waals surface area contributed by atoms with Crippen LogP contribution in [0.2, 0.25) is 0 Å². The van der Waals surface area contributed by atoms with Crippen LogP contribution in [-0.4, -0.2) is 34.2 Å². The van der Waals surface area contributed by atoms with E-state index in [9.17, 15) is 13.2 Å². The maximum Gasteiger partial charge on any atom is 0.269 e. The van der Waals surface area contributed by atoms with Crippen molar-refractivity contribution in [2.24, 2.45) is 0 Å². The normalized spacial score (nSPS) is 11.1. The van der Waals surface area contributed by atoms with Gasteiger partial charge in [0.2, 0.25) is 10.0 Å². The molecule has 0 aliphatic carbocycles. The Kier molecular flexibility index (Phi) is 5.94. The van der Waals surface area contributed by atoms with Crippen molar-refractivity contribution in [1.82, 2.24) is 10.1 Å². The summed E-state index contributed by atoms with van der Waals surface area (Å²) in [5.41, 5.74) is 5.18. The molecule has 0 radical (unpaired) electrons. The Labute approximate surface area is 142 Å². The summed E-state index contributed by atoms with van der Waals surface area (Å²) in [4.78, 5) is 12.2. The number of hydrazine groups is 1. The van der Waals surface area contributed by atoms with E-state index in [1.165, 1.54) is 0 Å². The van der Waals surface area contributed by atoms with Crippen LogP contribution in [0.25, 0.3) is 0 Å². The van der Waals surface area contributed by atoms with Crippen LogP contribution in [-0.2, 0) is 16.4 Å². The number of benzene rings is 2. The zero-order valence-corrected chi connectivity index (χ0v) is 14.5. The van der Waals surface area contributed by atoms with Gasteiger partial charge in [0.15, 0.2) is 0 Å². The molecule has 0 bridgehead atoms. The van der Waals surface area contributed by atoms with Crippen molar-refractivity contribution in [3.63, 3.8) is 0 Å². The minimum Gasteiger partial charge on any atom is -0.288 e. The zero-order valence-electron chi connectivity index (χ0n) is 13.7. The van der Waals surface area contributed by atoms with Gasteiger partial charge in [-0.2, -0.15) is 0 Å². The van der Waals surface area contributed by atoms with E-state index in [4.69, 9.17) is 0 Å². The van der Waals surface area contributed by atoms with Gasteiger partial charge in [-0.25, -0.2) is 13.1 Å². The summed E-state index contributed by atoms with van der Waals surface area (Å²) in [6.07, 6.45) is 1.70. The van der Waals surface area contributed by atoms with Gasteiger partial charge in [0.1, 0.15) is 0 Å². The summed E-state index contributed by atoms with van der Waals surface area (Å²) in [5.74, 6) is -0.206. The first-order valence-electron chi connectivity index (χ1n) is 7.48. The molecule has 24 heavy (non-hydrogen) atoms. The van der Waals surface area contributed by atoms with Crippen molar-refractivity contribution in [2.45, 2.75) is 6.42 Å². The fraction of sp³-hybridized carbons (Fsp3) is 0.235. The minimum absolute atomic E-state index is 0.206. The Balaban J connectivity index is 1.91. The lowest BCUT2D eigenvalue weighted by Crippen LogP contribution is -2.39. The third kappa shape index (κ3) is 5.68.